The highest BCUT2D eigenvalue weighted by atomic mass is 16.6. The number of likely N-dealkylation sites (N-methyl/N-ethyl adjacent to an activating group) is 1. The van der Waals surface area contributed by atoms with Crippen LogP contribution in [0.2, 0.25) is 0 Å². The number of rotatable bonds is 25. The van der Waals surface area contributed by atoms with Crippen molar-refractivity contribution in [1.82, 2.24) is 25.8 Å². The molecule has 4 amide bonds. The molecule has 1 saturated heterocycles. The fourth-order valence-electron chi connectivity index (χ4n) is 8.39. The molecule has 0 spiro atoms. The summed E-state index contributed by atoms with van der Waals surface area (Å²) < 4.78 is 34.7. The summed E-state index contributed by atoms with van der Waals surface area (Å²) >= 11 is 0. The van der Waals surface area contributed by atoms with Crippen molar-refractivity contribution >= 4 is 34.7 Å². The molecule has 2 aromatic rings. The van der Waals surface area contributed by atoms with E-state index in [0.29, 0.717) is 95.4 Å². The number of aliphatic hydroxyl groups is 1. The van der Waals surface area contributed by atoms with Gasteiger partial charge in [-0.1, -0.05) is 25.1 Å². The molecule has 1 fully saturated rings. The molecule has 370 valence electrons. The fourth-order valence-corrected chi connectivity index (χ4v) is 8.39. The molecule has 6 rings (SSSR count). The van der Waals surface area contributed by atoms with Gasteiger partial charge in [-0.3, -0.25) is 20.0 Å². The highest BCUT2D eigenvalue weighted by molar-refractivity contribution is 6.09. The second-order valence-electron chi connectivity index (χ2n) is 17.1. The maximum atomic E-state index is 14.1. The number of hydrogen-bond donors (Lipinski definition) is 5. The largest absolute Gasteiger partial charge is 0.456 e. The number of alkyl carbamates (subject to hydrolysis) is 1. The minimum absolute atomic E-state index is 0.0242. The molecule has 68 heavy (non-hydrogen) atoms. The maximum Gasteiger partial charge on any atom is 0.407 e. The second kappa shape index (κ2) is 25.7. The van der Waals surface area contributed by atoms with Crippen molar-refractivity contribution in [3.05, 3.63) is 82.4 Å². The lowest BCUT2D eigenvalue weighted by Gasteiger charge is -2.34. The molecule has 1 aliphatic carbocycles. The zero-order valence-electron chi connectivity index (χ0n) is 40.8. The van der Waals surface area contributed by atoms with Crippen LogP contribution >= 0.6 is 0 Å². The van der Waals surface area contributed by atoms with E-state index < -0.39 is 18.4 Å². The number of nitrogens with one attached hydrogen (secondary N) is 4. The van der Waals surface area contributed by atoms with Gasteiger partial charge in [0.05, 0.1) is 50.5 Å². The number of urea groups is 1. The highest BCUT2D eigenvalue weighted by Crippen LogP contribution is 2.43. The minimum atomic E-state index is -0.570. The average molecular weight is 942 g/mol. The standard InChI is InChI=1S/C51H71N7O10/c1-8-43-42(59)31-46(68-43)58-32-35(6)48(56-50(58)61)54-17-13-20-63-23-25-65-26-24-64-21-14-18-55-51(62)66-22-19-57(7)49(60)37-16-12-11-15-36(37)47-38-27-33(4)40(52-9-2)29-44(38)67-45-30-41(53-10-3)34(5)28-39(45)47/h11-12,15-16,27-30,32,42-43,46,48,52,54,59H,8-10,13-14,17-26,31H2,1-7H3,(H,55,62)(H,56,61)/b53-41-. The van der Waals surface area contributed by atoms with Crippen LogP contribution in [-0.2, 0) is 23.7 Å². The van der Waals surface area contributed by atoms with Crippen molar-refractivity contribution in [3.63, 3.8) is 0 Å². The molecule has 0 aromatic heterocycles. The summed E-state index contributed by atoms with van der Waals surface area (Å²) in [4.78, 5) is 47.1. The Morgan fingerprint density at radius 2 is 1.63 bits per heavy atom. The van der Waals surface area contributed by atoms with Gasteiger partial charge in [-0.25, -0.2) is 9.59 Å². The third-order valence-electron chi connectivity index (χ3n) is 12.0. The molecule has 3 aliphatic heterocycles. The number of fused-ring (bicyclic) bond motifs is 2. The predicted octanol–water partition coefficient (Wildman–Crippen LogP) is 6.53. The van der Waals surface area contributed by atoms with Crippen LogP contribution in [-0.4, -0.2) is 144 Å². The van der Waals surface area contributed by atoms with E-state index in [1.54, 1.807) is 18.1 Å². The van der Waals surface area contributed by atoms with Crippen LogP contribution in [0, 0.1) is 13.8 Å². The number of carbonyl (C=O) groups is 3. The first-order valence-corrected chi connectivity index (χ1v) is 24.0. The second-order valence-corrected chi connectivity index (χ2v) is 17.1. The van der Waals surface area contributed by atoms with Crippen molar-refractivity contribution in [2.24, 2.45) is 4.99 Å². The highest BCUT2D eigenvalue weighted by Gasteiger charge is 2.39. The van der Waals surface area contributed by atoms with E-state index >= 15 is 0 Å². The van der Waals surface area contributed by atoms with Crippen molar-refractivity contribution in [2.75, 3.05) is 91.3 Å². The van der Waals surface area contributed by atoms with Gasteiger partial charge in [0.25, 0.3) is 5.91 Å². The lowest BCUT2D eigenvalue weighted by atomic mass is 9.89. The Morgan fingerprint density at radius 3 is 2.34 bits per heavy atom. The quantitative estimate of drug-likeness (QED) is 0.0356. The van der Waals surface area contributed by atoms with E-state index in [1.807, 2.05) is 64.1 Å². The zero-order valence-corrected chi connectivity index (χ0v) is 40.8. The SMILES string of the molecule is CC/N=c1/cc2oc3cc(NCC)c(C)cc3c(-c3ccccc3C(=O)N(C)CCOC(=O)NCCCOCCOCCOCCCNC3NC(=O)N(C4CC(O)C(CC)O4)C=C3C)c-2cc1C. The molecule has 17 nitrogen and oxygen atoms in total. The molecule has 0 bridgehead atoms. The number of aryl methyl sites for hydroxylation is 2. The molecular weight excluding hydrogens is 871 g/mol. The van der Waals surface area contributed by atoms with Crippen LogP contribution in [0.25, 0.3) is 33.4 Å². The molecule has 17 heteroatoms. The Morgan fingerprint density at radius 1 is 0.912 bits per heavy atom. The van der Waals surface area contributed by atoms with Gasteiger partial charge in [0.2, 0.25) is 0 Å². The summed E-state index contributed by atoms with van der Waals surface area (Å²) in [6.07, 6.45) is 2.10. The van der Waals surface area contributed by atoms with Crippen molar-refractivity contribution in [2.45, 2.75) is 91.8 Å². The number of benzene rings is 3. The molecule has 4 aliphatic rings. The summed E-state index contributed by atoms with van der Waals surface area (Å²) in [5, 5.41) is 24.4. The third kappa shape index (κ3) is 13.6. The number of nitrogens with zero attached hydrogens (tertiary/aromatic N) is 3. The topological polar surface area (TPSA) is 198 Å². The number of carbonyl (C=O) groups excluding carboxylic acids is 3. The normalized spacial score (nSPS) is 18.5. The van der Waals surface area contributed by atoms with Crippen molar-refractivity contribution in [1.29, 1.82) is 0 Å². The molecular formula is C51H71N7O10. The van der Waals surface area contributed by atoms with Gasteiger partial charge in [0.15, 0.2) is 0 Å². The van der Waals surface area contributed by atoms with Crippen LogP contribution in [0.4, 0.5) is 15.3 Å². The summed E-state index contributed by atoms with van der Waals surface area (Å²) in [5.74, 6) is 0.486. The molecule has 2 aromatic carbocycles. The number of hydrogen-bond acceptors (Lipinski definition) is 13. The van der Waals surface area contributed by atoms with Gasteiger partial charge in [-0.2, -0.15) is 0 Å². The lowest BCUT2D eigenvalue weighted by Crippen LogP contribution is -2.56. The van der Waals surface area contributed by atoms with Gasteiger partial charge in [0, 0.05) is 92.4 Å². The van der Waals surface area contributed by atoms with Crippen LogP contribution in [0.1, 0.15) is 74.9 Å². The zero-order chi connectivity index (χ0) is 48.6. The third-order valence-corrected chi connectivity index (χ3v) is 12.0. The molecule has 3 heterocycles. The Balaban J connectivity index is 0.845. The fraction of sp³-hybridized carbons (Fsp3) is 0.529. The molecule has 0 saturated carbocycles. The number of aliphatic hydroxyl groups excluding tert-OH is 1. The van der Waals surface area contributed by atoms with Crippen LogP contribution in [0.15, 0.2) is 69.7 Å². The van der Waals surface area contributed by atoms with E-state index in [1.165, 1.54) is 4.90 Å². The van der Waals surface area contributed by atoms with E-state index in [0.717, 1.165) is 62.8 Å². The molecule has 4 unspecified atom stereocenters. The monoisotopic (exact) mass is 942 g/mol. The summed E-state index contributed by atoms with van der Waals surface area (Å²) in [6, 6.07) is 15.6. The van der Waals surface area contributed by atoms with Crippen LogP contribution in [0.5, 0.6) is 0 Å². The van der Waals surface area contributed by atoms with Crippen molar-refractivity contribution in [3.8, 4) is 22.5 Å². The Hall–Kier alpha value is -5.56. The predicted molar refractivity (Wildman–Crippen MR) is 262 cm³/mol. The van der Waals surface area contributed by atoms with E-state index in [4.69, 9.17) is 28.1 Å². The molecule has 0 radical (unpaired) electrons. The number of anilines is 1. The smallest absolute Gasteiger partial charge is 0.407 e. The molecule has 5 N–H and O–H groups in total. The first-order valence-electron chi connectivity index (χ1n) is 24.0. The lowest BCUT2D eigenvalue weighted by molar-refractivity contribution is -0.0340. The Bertz CT molecular complexity index is 2390. The Kier molecular flexibility index (Phi) is 19.6. The summed E-state index contributed by atoms with van der Waals surface area (Å²) in [6.45, 7) is 17.5. The first kappa shape index (κ1) is 51.8. The van der Waals surface area contributed by atoms with E-state index in [2.05, 4.69) is 52.2 Å². The molecule has 4 atom stereocenters. The van der Waals surface area contributed by atoms with Gasteiger partial charge in [0.1, 0.15) is 30.3 Å². The van der Waals surface area contributed by atoms with Crippen molar-refractivity contribution < 1.29 is 47.6 Å². The summed E-state index contributed by atoms with van der Waals surface area (Å²) in [5.41, 5.74) is 7.82. The van der Waals surface area contributed by atoms with E-state index in [9.17, 15) is 19.5 Å². The first-order chi connectivity index (χ1) is 32.9. The van der Waals surface area contributed by atoms with E-state index in [-0.39, 0.29) is 37.4 Å². The minimum Gasteiger partial charge on any atom is -0.456 e. The van der Waals surface area contributed by atoms with Gasteiger partial charge >= 0.3 is 12.1 Å². The summed E-state index contributed by atoms with van der Waals surface area (Å²) in [7, 11) is 1.70. The van der Waals surface area contributed by atoms with Gasteiger partial charge in [-0.05, 0) is 101 Å². The van der Waals surface area contributed by atoms with Crippen LogP contribution in [0.3, 0.4) is 0 Å². The van der Waals surface area contributed by atoms with Gasteiger partial charge in [-0.15, -0.1) is 0 Å². The maximum absolute atomic E-state index is 14.1. The van der Waals surface area contributed by atoms with Crippen LogP contribution < -0.4 is 26.6 Å². The number of amides is 4. The Labute approximate surface area is 399 Å². The van der Waals surface area contributed by atoms with Gasteiger partial charge < -0.3 is 54.1 Å². The average Bonchev–Trinajstić information content (AvgIpc) is 3.71. The number of ether oxygens (including phenoxy) is 5.